The quantitative estimate of drug-likeness (QED) is 0.384. The van der Waals surface area contributed by atoms with E-state index < -0.39 is 0 Å². The molecule has 10 heavy (non-hydrogen) atoms. The Hall–Kier alpha value is -0.280. The van der Waals surface area contributed by atoms with Crippen molar-refractivity contribution in [3.8, 4) is 0 Å². The zero-order valence-electron chi connectivity index (χ0n) is 6.33. The fraction of sp³-hybridized carbons (Fsp3) is 0.571. The molecular formula is C7H13NOS. The summed E-state index contributed by atoms with van der Waals surface area (Å²) in [4.78, 5) is 11.0. The van der Waals surface area contributed by atoms with Gasteiger partial charge in [0.05, 0.1) is 5.37 Å². The fourth-order valence-corrected chi connectivity index (χ4v) is 1.13. The van der Waals surface area contributed by atoms with Gasteiger partial charge in [0, 0.05) is 4.91 Å². The molecule has 3 heteroatoms. The molecule has 0 rings (SSSR count). The number of hydrogen-bond donors (Lipinski definition) is 1. The Morgan fingerprint density at radius 1 is 1.80 bits per heavy atom. The molecule has 0 amide bonds. The zero-order valence-corrected chi connectivity index (χ0v) is 7.15. The third-order valence-electron chi connectivity index (χ3n) is 1.09. The lowest BCUT2D eigenvalue weighted by Crippen LogP contribution is -2.13. The number of aldehydes is 1. The van der Waals surface area contributed by atoms with Gasteiger partial charge in [-0.25, -0.2) is 0 Å². The van der Waals surface area contributed by atoms with Crippen molar-refractivity contribution < 1.29 is 4.79 Å². The molecule has 0 heterocycles. The molecule has 0 aliphatic rings. The molecule has 0 aliphatic heterocycles. The molecule has 0 saturated heterocycles. The fourth-order valence-electron chi connectivity index (χ4n) is 0.422. The summed E-state index contributed by atoms with van der Waals surface area (Å²) >= 11 is 1.42. The summed E-state index contributed by atoms with van der Waals surface area (Å²) in [6, 6.07) is 0. The smallest absolute Gasteiger partial charge is 0.156 e. The SMILES string of the molecule is C/C=C(/C=O)S[C@H](N)CC. The molecular weight excluding hydrogens is 146 g/mol. The maximum absolute atomic E-state index is 10.2. The Morgan fingerprint density at radius 3 is 2.70 bits per heavy atom. The average Bonchev–Trinajstić information content (AvgIpc) is 1.99. The van der Waals surface area contributed by atoms with Gasteiger partial charge in [-0.05, 0) is 13.3 Å². The Morgan fingerprint density at radius 2 is 2.40 bits per heavy atom. The monoisotopic (exact) mass is 159 g/mol. The molecule has 0 unspecified atom stereocenters. The first-order valence-electron chi connectivity index (χ1n) is 3.28. The van der Waals surface area contributed by atoms with Crippen molar-refractivity contribution in [1.29, 1.82) is 0 Å². The molecule has 58 valence electrons. The Kier molecular flexibility index (Phi) is 5.35. The van der Waals surface area contributed by atoms with E-state index in [0.717, 1.165) is 12.7 Å². The molecule has 0 aromatic rings. The molecule has 0 aromatic carbocycles. The van der Waals surface area contributed by atoms with E-state index in [2.05, 4.69) is 0 Å². The van der Waals surface area contributed by atoms with E-state index in [4.69, 9.17) is 5.73 Å². The molecule has 0 aliphatic carbocycles. The summed E-state index contributed by atoms with van der Waals surface area (Å²) in [7, 11) is 0. The van der Waals surface area contributed by atoms with Crippen molar-refractivity contribution in [3.05, 3.63) is 11.0 Å². The predicted molar refractivity (Wildman–Crippen MR) is 45.7 cm³/mol. The lowest BCUT2D eigenvalue weighted by atomic mass is 10.5. The van der Waals surface area contributed by atoms with E-state index >= 15 is 0 Å². The predicted octanol–water partition coefficient (Wildman–Crippen LogP) is 1.52. The van der Waals surface area contributed by atoms with E-state index in [1.54, 1.807) is 6.08 Å². The van der Waals surface area contributed by atoms with Crippen LogP contribution in [0.15, 0.2) is 11.0 Å². The van der Waals surface area contributed by atoms with Crippen LogP contribution >= 0.6 is 11.8 Å². The van der Waals surface area contributed by atoms with Crippen molar-refractivity contribution in [2.75, 3.05) is 0 Å². The van der Waals surface area contributed by atoms with Gasteiger partial charge >= 0.3 is 0 Å². The number of carbonyl (C=O) groups is 1. The minimum absolute atomic E-state index is 0.0522. The van der Waals surface area contributed by atoms with E-state index in [1.165, 1.54) is 11.8 Å². The van der Waals surface area contributed by atoms with Crippen molar-refractivity contribution in [1.82, 2.24) is 0 Å². The number of carbonyl (C=O) groups excluding carboxylic acids is 1. The number of thioether (sulfide) groups is 1. The topological polar surface area (TPSA) is 43.1 Å². The van der Waals surface area contributed by atoms with E-state index in [-0.39, 0.29) is 5.37 Å². The maximum Gasteiger partial charge on any atom is 0.156 e. The van der Waals surface area contributed by atoms with Gasteiger partial charge in [-0.1, -0.05) is 13.0 Å². The molecule has 0 spiro atoms. The third kappa shape index (κ3) is 3.69. The van der Waals surface area contributed by atoms with Gasteiger partial charge in [-0.3, -0.25) is 4.79 Å². The van der Waals surface area contributed by atoms with Crippen LogP contribution in [0.2, 0.25) is 0 Å². The second-order valence-electron chi connectivity index (χ2n) is 1.87. The Bertz CT molecular complexity index is 134. The van der Waals surface area contributed by atoms with Gasteiger partial charge in [0.2, 0.25) is 0 Å². The largest absolute Gasteiger partial charge is 0.319 e. The van der Waals surface area contributed by atoms with Crippen LogP contribution in [-0.4, -0.2) is 11.7 Å². The first-order chi connectivity index (χ1) is 4.74. The minimum atomic E-state index is 0.0522. The zero-order chi connectivity index (χ0) is 7.98. The van der Waals surface area contributed by atoms with Gasteiger partial charge in [0.1, 0.15) is 0 Å². The van der Waals surface area contributed by atoms with Crippen LogP contribution in [0, 0.1) is 0 Å². The highest BCUT2D eigenvalue weighted by molar-refractivity contribution is 8.04. The first kappa shape index (κ1) is 9.72. The molecule has 1 atom stereocenters. The van der Waals surface area contributed by atoms with Crippen LogP contribution in [-0.2, 0) is 4.79 Å². The number of allylic oxidation sites excluding steroid dienone is 2. The number of rotatable bonds is 4. The minimum Gasteiger partial charge on any atom is -0.319 e. The molecule has 0 radical (unpaired) electrons. The number of hydrogen-bond acceptors (Lipinski definition) is 3. The standard InChI is InChI=1S/C7H13NOS/c1-3-6(5-9)10-7(8)4-2/h3,5,7H,4,8H2,1-2H3/b6-3-/t7-/m0/s1. The van der Waals surface area contributed by atoms with E-state index in [9.17, 15) is 4.79 Å². The first-order valence-corrected chi connectivity index (χ1v) is 4.16. The van der Waals surface area contributed by atoms with Crippen LogP contribution in [0.4, 0.5) is 0 Å². The summed E-state index contributed by atoms with van der Waals surface area (Å²) < 4.78 is 0. The van der Waals surface area contributed by atoms with Crippen LogP contribution in [0.25, 0.3) is 0 Å². The second kappa shape index (κ2) is 5.50. The molecule has 2 N–H and O–H groups in total. The lowest BCUT2D eigenvalue weighted by molar-refractivity contribution is -0.104. The highest BCUT2D eigenvalue weighted by Gasteiger charge is 2.01. The van der Waals surface area contributed by atoms with Gasteiger partial charge in [0.15, 0.2) is 6.29 Å². The molecule has 2 nitrogen and oxygen atoms in total. The highest BCUT2D eigenvalue weighted by atomic mass is 32.2. The van der Waals surface area contributed by atoms with Gasteiger partial charge in [0.25, 0.3) is 0 Å². The van der Waals surface area contributed by atoms with Crippen molar-refractivity contribution in [2.45, 2.75) is 25.6 Å². The lowest BCUT2D eigenvalue weighted by Gasteiger charge is -2.05. The van der Waals surface area contributed by atoms with Crippen LogP contribution < -0.4 is 5.73 Å². The second-order valence-corrected chi connectivity index (χ2v) is 3.19. The van der Waals surface area contributed by atoms with Crippen molar-refractivity contribution >= 4 is 18.0 Å². The van der Waals surface area contributed by atoms with Crippen molar-refractivity contribution in [3.63, 3.8) is 0 Å². The maximum atomic E-state index is 10.2. The van der Waals surface area contributed by atoms with E-state index in [1.807, 2.05) is 13.8 Å². The summed E-state index contributed by atoms with van der Waals surface area (Å²) in [5.41, 5.74) is 5.59. The molecule has 0 fully saturated rings. The summed E-state index contributed by atoms with van der Waals surface area (Å²) in [6.07, 6.45) is 3.49. The Labute approximate surface area is 65.9 Å². The normalized spacial score (nSPS) is 14.9. The molecule has 0 saturated carbocycles. The van der Waals surface area contributed by atoms with Crippen LogP contribution in [0.1, 0.15) is 20.3 Å². The van der Waals surface area contributed by atoms with Crippen LogP contribution in [0.3, 0.4) is 0 Å². The van der Waals surface area contributed by atoms with Crippen molar-refractivity contribution in [2.24, 2.45) is 5.73 Å². The average molecular weight is 159 g/mol. The number of nitrogens with two attached hydrogens (primary N) is 1. The van der Waals surface area contributed by atoms with E-state index in [0.29, 0.717) is 4.91 Å². The summed E-state index contributed by atoms with van der Waals surface area (Å²) in [5.74, 6) is 0. The highest BCUT2D eigenvalue weighted by Crippen LogP contribution is 2.17. The van der Waals surface area contributed by atoms with Gasteiger partial charge in [-0.15, -0.1) is 11.8 Å². The summed E-state index contributed by atoms with van der Waals surface area (Å²) in [5, 5.41) is 0.0522. The van der Waals surface area contributed by atoms with Crippen LogP contribution in [0.5, 0.6) is 0 Å². The molecule has 0 bridgehead atoms. The summed E-state index contributed by atoms with van der Waals surface area (Å²) in [6.45, 7) is 3.83. The Balaban J connectivity index is 3.75. The van der Waals surface area contributed by atoms with Gasteiger partial charge in [-0.2, -0.15) is 0 Å². The third-order valence-corrected chi connectivity index (χ3v) is 2.33. The molecule has 0 aromatic heterocycles. The van der Waals surface area contributed by atoms with Gasteiger partial charge < -0.3 is 5.73 Å².